The van der Waals surface area contributed by atoms with Crippen LogP contribution in [0.25, 0.3) is 0 Å². The van der Waals surface area contributed by atoms with Gasteiger partial charge in [0.25, 0.3) is 0 Å². The van der Waals surface area contributed by atoms with Crippen LogP contribution in [0.5, 0.6) is 0 Å². The summed E-state index contributed by atoms with van der Waals surface area (Å²) in [5.41, 5.74) is 1.37. The number of hydrogen-bond donors (Lipinski definition) is 3. The minimum atomic E-state index is 0. The minimum absolute atomic E-state index is 0. The second kappa shape index (κ2) is 23.7. The summed E-state index contributed by atoms with van der Waals surface area (Å²) in [7, 11) is 3.00. The van der Waals surface area contributed by atoms with Crippen molar-refractivity contribution in [1.82, 2.24) is 0 Å². The molecule has 0 heterocycles. The zero-order valence-electron chi connectivity index (χ0n) is 10.3. The molecule has 0 amide bonds. The van der Waals surface area contributed by atoms with Crippen molar-refractivity contribution >= 4 is 0 Å². The van der Waals surface area contributed by atoms with Crippen LogP contribution >= 0.6 is 0 Å². The summed E-state index contributed by atoms with van der Waals surface area (Å²) in [6.07, 6.45) is 8.59. The predicted molar refractivity (Wildman–Crippen MR) is 59.8 cm³/mol. The van der Waals surface area contributed by atoms with E-state index in [1.54, 1.807) is 0 Å². The average Bonchev–Trinajstić information content (AvgIpc) is 2.80. The second-order valence-electron chi connectivity index (χ2n) is 2.39. The molecule has 0 fully saturated rings. The van der Waals surface area contributed by atoms with Crippen molar-refractivity contribution in [3.05, 3.63) is 23.8 Å². The van der Waals surface area contributed by atoms with Gasteiger partial charge in [0.05, 0.1) is 0 Å². The minimum Gasteiger partial charge on any atom is -0.400 e. The van der Waals surface area contributed by atoms with Gasteiger partial charge in [0, 0.05) is 43.0 Å². The van der Waals surface area contributed by atoms with Crippen molar-refractivity contribution in [2.75, 3.05) is 21.3 Å². The molecular weight excluding hydrogens is 228 g/mol. The van der Waals surface area contributed by atoms with Gasteiger partial charge in [-0.1, -0.05) is 19.8 Å². The van der Waals surface area contributed by atoms with Crippen molar-refractivity contribution in [2.45, 2.75) is 20.3 Å². The average molecular weight is 251 g/mol. The number of aliphatic hydroxyl groups excluding tert-OH is 3. The predicted octanol–water partition coefficient (Wildman–Crippen LogP) is 1.15. The molecule has 4 heteroatoms. The Morgan fingerprint density at radius 2 is 1.47 bits per heavy atom. The van der Waals surface area contributed by atoms with Crippen molar-refractivity contribution in [2.24, 2.45) is 5.92 Å². The first-order chi connectivity index (χ1) is 6.80. The molecule has 0 atom stereocenters. The Morgan fingerprint density at radius 1 is 1.07 bits per heavy atom. The van der Waals surface area contributed by atoms with E-state index in [4.69, 9.17) is 15.3 Å². The van der Waals surface area contributed by atoms with E-state index >= 15 is 0 Å². The Hall–Kier alpha value is 0.0743. The monoisotopic (exact) mass is 251 g/mol. The molecule has 0 saturated carbocycles. The van der Waals surface area contributed by atoms with Gasteiger partial charge >= 0.3 is 0 Å². The first-order valence-corrected chi connectivity index (χ1v) is 4.42. The third-order valence-electron chi connectivity index (χ3n) is 1.34. The summed E-state index contributed by atoms with van der Waals surface area (Å²) in [4.78, 5) is 0. The second-order valence-corrected chi connectivity index (χ2v) is 2.39. The largest absolute Gasteiger partial charge is 0.400 e. The van der Waals surface area contributed by atoms with E-state index in [-0.39, 0.29) is 21.7 Å². The van der Waals surface area contributed by atoms with Gasteiger partial charge in [0.15, 0.2) is 0 Å². The standard InChI is InChI=1S/C8H11.3CH4O.Ti/c1-7(2)8-5-3-4-6-8;3*1-2;/h3,5,7H,4H2,1-2H3;3*2H,1H3;/q-1;;;;. The normalized spacial score (nSPS) is 10.6. The fraction of sp³-hybridized carbons (Fsp3) is 0.636. The Bertz CT molecular complexity index is 143. The van der Waals surface area contributed by atoms with Crippen LogP contribution in [0.4, 0.5) is 0 Å². The third kappa shape index (κ3) is 16.7. The summed E-state index contributed by atoms with van der Waals surface area (Å²) < 4.78 is 0. The molecule has 0 unspecified atom stereocenters. The van der Waals surface area contributed by atoms with Crippen molar-refractivity contribution < 1.29 is 37.0 Å². The molecule has 0 saturated heterocycles. The van der Waals surface area contributed by atoms with E-state index in [2.05, 4.69) is 32.1 Å². The maximum Gasteiger partial charge on any atom is 0.0319 e. The molecule has 3 nitrogen and oxygen atoms in total. The topological polar surface area (TPSA) is 60.7 Å². The van der Waals surface area contributed by atoms with Crippen LogP contribution < -0.4 is 0 Å². The zero-order chi connectivity index (χ0) is 12.0. The Labute approximate surface area is 108 Å². The van der Waals surface area contributed by atoms with Crippen molar-refractivity contribution in [1.29, 1.82) is 0 Å². The number of rotatable bonds is 1. The van der Waals surface area contributed by atoms with Crippen molar-refractivity contribution in [3.8, 4) is 0 Å². The summed E-state index contributed by atoms with van der Waals surface area (Å²) >= 11 is 0. The number of allylic oxidation sites excluding steroid dienone is 4. The molecule has 0 spiro atoms. The molecule has 1 rings (SSSR count). The Balaban J connectivity index is -0.0000000755. The molecule has 3 N–H and O–H groups in total. The molecular formula is C11H23O3Ti-. The van der Waals surface area contributed by atoms with Crippen LogP contribution in [0.3, 0.4) is 0 Å². The van der Waals surface area contributed by atoms with Gasteiger partial charge in [-0.2, -0.15) is 6.08 Å². The molecule has 1 aliphatic rings. The fourth-order valence-electron chi connectivity index (χ4n) is 0.818. The van der Waals surface area contributed by atoms with Crippen LogP contribution in [0.15, 0.2) is 17.7 Å². The molecule has 0 aliphatic heterocycles. The molecule has 0 aromatic carbocycles. The summed E-state index contributed by atoms with van der Waals surface area (Å²) in [5, 5.41) is 21.0. The SMILES string of the molecule is CC(C)C1=[C-]CC=C1.CO.CO.CO.[Ti]. The van der Waals surface area contributed by atoms with Crippen molar-refractivity contribution in [3.63, 3.8) is 0 Å². The summed E-state index contributed by atoms with van der Waals surface area (Å²) in [6.45, 7) is 4.38. The maximum atomic E-state index is 7.00. The van der Waals surface area contributed by atoms with Gasteiger partial charge in [-0.3, -0.25) is 6.08 Å². The molecule has 0 aromatic heterocycles. The zero-order valence-corrected chi connectivity index (χ0v) is 11.8. The van der Waals surface area contributed by atoms with Gasteiger partial charge in [-0.25, -0.2) is 11.6 Å². The number of aliphatic hydroxyl groups is 3. The summed E-state index contributed by atoms with van der Waals surface area (Å²) in [6, 6.07) is 0. The molecule has 15 heavy (non-hydrogen) atoms. The van der Waals surface area contributed by atoms with E-state index in [1.807, 2.05) is 0 Å². The van der Waals surface area contributed by atoms with Crippen LogP contribution in [-0.4, -0.2) is 36.6 Å². The van der Waals surface area contributed by atoms with E-state index in [0.29, 0.717) is 5.92 Å². The van der Waals surface area contributed by atoms with E-state index < -0.39 is 0 Å². The maximum absolute atomic E-state index is 7.00. The Morgan fingerprint density at radius 3 is 1.60 bits per heavy atom. The van der Waals surface area contributed by atoms with Crippen LogP contribution in [0.2, 0.25) is 0 Å². The summed E-state index contributed by atoms with van der Waals surface area (Å²) in [5.74, 6) is 0.661. The van der Waals surface area contributed by atoms with E-state index in [0.717, 1.165) is 27.8 Å². The molecule has 0 aromatic rings. The molecule has 0 bridgehead atoms. The van der Waals surface area contributed by atoms with Gasteiger partial charge in [0.1, 0.15) is 0 Å². The van der Waals surface area contributed by atoms with E-state index in [1.165, 1.54) is 5.57 Å². The third-order valence-corrected chi connectivity index (χ3v) is 1.34. The quantitative estimate of drug-likeness (QED) is 0.484. The molecule has 90 valence electrons. The van der Waals surface area contributed by atoms with Gasteiger partial charge < -0.3 is 15.3 Å². The smallest absolute Gasteiger partial charge is 0.0319 e. The van der Waals surface area contributed by atoms with Gasteiger partial charge in [0.2, 0.25) is 0 Å². The molecule has 1 aliphatic carbocycles. The number of hydrogen-bond acceptors (Lipinski definition) is 3. The van der Waals surface area contributed by atoms with Gasteiger partial charge in [-0.05, 0) is 0 Å². The first-order valence-electron chi connectivity index (χ1n) is 4.42. The van der Waals surface area contributed by atoms with E-state index in [9.17, 15) is 0 Å². The van der Waals surface area contributed by atoms with Crippen LogP contribution in [-0.2, 0) is 21.7 Å². The molecule has 0 radical (unpaired) electrons. The van der Waals surface area contributed by atoms with Crippen LogP contribution in [0.1, 0.15) is 20.3 Å². The Kier molecular flexibility index (Phi) is 38.5. The van der Waals surface area contributed by atoms with Gasteiger partial charge in [-0.15, -0.1) is 6.42 Å². The first kappa shape index (κ1) is 24.3. The fourth-order valence-corrected chi connectivity index (χ4v) is 0.818. The van der Waals surface area contributed by atoms with Crippen LogP contribution in [0, 0.1) is 12.0 Å².